The highest BCUT2D eigenvalue weighted by Gasteiger charge is 2.42. The van der Waals surface area contributed by atoms with Crippen LogP contribution in [-0.2, 0) is 16.6 Å². The number of piperidine rings is 2. The molecule has 1 aromatic heterocycles. The summed E-state index contributed by atoms with van der Waals surface area (Å²) in [5.41, 5.74) is 2.75. The third kappa shape index (κ3) is 4.42. The Morgan fingerprint density at radius 1 is 1.10 bits per heavy atom. The first kappa shape index (κ1) is 21.8. The summed E-state index contributed by atoms with van der Waals surface area (Å²) in [6, 6.07) is 7.57. The molecule has 1 atom stereocenters. The smallest absolute Gasteiger partial charge is 0.243 e. The minimum Gasteiger partial charge on any atom is -0.298 e. The van der Waals surface area contributed by atoms with Gasteiger partial charge < -0.3 is 0 Å². The average molecular weight is 448 g/mol. The van der Waals surface area contributed by atoms with Crippen LogP contribution < -0.4 is 0 Å². The Kier molecular flexibility index (Phi) is 6.22. The largest absolute Gasteiger partial charge is 0.298 e. The van der Waals surface area contributed by atoms with Gasteiger partial charge in [0.05, 0.1) is 4.90 Å². The number of halogens is 1. The molecule has 0 radical (unpaired) electrons. The Bertz CT molecular complexity index is 1010. The van der Waals surface area contributed by atoms with E-state index >= 15 is 0 Å². The fourth-order valence-electron chi connectivity index (χ4n) is 5.07. The summed E-state index contributed by atoms with van der Waals surface area (Å²) in [5, 5.41) is 0.611. The molecule has 0 N–H and O–H groups in total. The molecule has 2 aliphatic rings. The number of aromatic nitrogens is 1. The van der Waals surface area contributed by atoms with Gasteiger partial charge >= 0.3 is 0 Å². The topological polar surface area (TPSA) is 53.5 Å². The summed E-state index contributed by atoms with van der Waals surface area (Å²) in [4.78, 5) is 7.09. The zero-order chi connectivity index (χ0) is 21.4. The van der Waals surface area contributed by atoms with E-state index in [4.69, 9.17) is 11.6 Å². The minimum absolute atomic E-state index is 0.0289. The normalized spacial score (nSPS) is 23.7. The van der Waals surface area contributed by atoms with Crippen molar-refractivity contribution >= 4 is 21.6 Å². The van der Waals surface area contributed by atoms with E-state index < -0.39 is 10.0 Å². The van der Waals surface area contributed by atoms with Crippen LogP contribution in [0.2, 0.25) is 5.02 Å². The molecule has 2 aromatic rings. The first-order valence-electron chi connectivity index (χ1n) is 10.7. The highest BCUT2D eigenvalue weighted by molar-refractivity contribution is 7.89. The molecule has 162 valence electrons. The van der Waals surface area contributed by atoms with E-state index in [2.05, 4.69) is 16.0 Å². The van der Waals surface area contributed by atoms with Gasteiger partial charge in [0.2, 0.25) is 10.0 Å². The second kappa shape index (κ2) is 8.58. The maximum Gasteiger partial charge on any atom is 0.243 e. The van der Waals surface area contributed by atoms with Gasteiger partial charge in [-0.15, -0.1) is 0 Å². The molecule has 0 saturated carbocycles. The Morgan fingerprint density at radius 2 is 1.87 bits per heavy atom. The lowest BCUT2D eigenvalue weighted by atomic mass is 9.74. The summed E-state index contributed by atoms with van der Waals surface area (Å²) >= 11 is 6.20. The second-order valence-electron chi connectivity index (χ2n) is 8.98. The van der Waals surface area contributed by atoms with Crippen LogP contribution in [0.1, 0.15) is 42.4 Å². The fraction of sp³-hybridized carbons (Fsp3) is 0.522. The van der Waals surface area contributed by atoms with Crippen molar-refractivity contribution in [3.05, 3.63) is 58.4 Å². The van der Waals surface area contributed by atoms with Gasteiger partial charge in [0, 0.05) is 43.6 Å². The van der Waals surface area contributed by atoms with Crippen molar-refractivity contribution in [2.75, 3.05) is 26.2 Å². The van der Waals surface area contributed by atoms with Gasteiger partial charge in [-0.1, -0.05) is 17.7 Å². The van der Waals surface area contributed by atoms with Gasteiger partial charge in [0.1, 0.15) is 0 Å². The summed E-state index contributed by atoms with van der Waals surface area (Å²) in [6.07, 6.45) is 7.90. The molecule has 1 aromatic carbocycles. The minimum atomic E-state index is -3.54. The highest BCUT2D eigenvalue weighted by atomic mass is 35.5. The number of hydrogen-bond donors (Lipinski definition) is 0. The van der Waals surface area contributed by atoms with Gasteiger partial charge in [-0.2, -0.15) is 4.31 Å². The average Bonchev–Trinajstić information content (AvgIpc) is 2.71. The van der Waals surface area contributed by atoms with Crippen LogP contribution in [0.5, 0.6) is 0 Å². The Hall–Kier alpha value is -1.47. The van der Waals surface area contributed by atoms with E-state index in [9.17, 15) is 8.42 Å². The molecule has 3 heterocycles. The standard InChI is InChI=1S/C23H30ClN3O2S/c1-18-13-22(19(2)12-21(18)24)30(28,29)27-11-5-8-23(17-27)7-4-10-26(16-23)15-20-6-3-9-25-14-20/h3,6,9,12-14H,4-5,7-8,10-11,15-17H2,1-2H3. The molecule has 7 heteroatoms. The van der Waals surface area contributed by atoms with Crippen LogP contribution in [0.15, 0.2) is 41.6 Å². The molecule has 1 spiro atoms. The van der Waals surface area contributed by atoms with Gasteiger partial charge in [0.15, 0.2) is 0 Å². The zero-order valence-electron chi connectivity index (χ0n) is 17.8. The zero-order valence-corrected chi connectivity index (χ0v) is 19.3. The summed E-state index contributed by atoms with van der Waals surface area (Å²) in [6.45, 7) is 7.74. The van der Waals surface area contributed by atoms with Gasteiger partial charge in [-0.25, -0.2) is 8.42 Å². The highest BCUT2D eigenvalue weighted by Crippen LogP contribution is 2.41. The molecule has 2 aliphatic heterocycles. The molecule has 5 nitrogen and oxygen atoms in total. The number of aryl methyl sites for hydroxylation is 2. The molecule has 30 heavy (non-hydrogen) atoms. The van der Waals surface area contributed by atoms with Crippen LogP contribution in [0.3, 0.4) is 0 Å². The van der Waals surface area contributed by atoms with Crippen molar-refractivity contribution in [2.24, 2.45) is 5.41 Å². The van der Waals surface area contributed by atoms with E-state index in [0.29, 0.717) is 28.6 Å². The summed E-state index contributed by atoms with van der Waals surface area (Å²) in [7, 11) is -3.54. The number of benzene rings is 1. The van der Waals surface area contributed by atoms with Crippen molar-refractivity contribution in [3.63, 3.8) is 0 Å². The van der Waals surface area contributed by atoms with Crippen molar-refractivity contribution < 1.29 is 8.42 Å². The lowest BCUT2D eigenvalue weighted by Gasteiger charge is -2.48. The molecule has 0 aliphatic carbocycles. The molecule has 1 unspecified atom stereocenters. The van der Waals surface area contributed by atoms with E-state index in [1.165, 1.54) is 5.56 Å². The van der Waals surface area contributed by atoms with E-state index in [0.717, 1.165) is 50.9 Å². The van der Waals surface area contributed by atoms with E-state index in [1.54, 1.807) is 22.6 Å². The Balaban J connectivity index is 1.54. The van der Waals surface area contributed by atoms with Crippen molar-refractivity contribution in [2.45, 2.75) is 51.0 Å². The van der Waals surface area contributed by atoms with Crippen molar-refractivity contribution in [1.82, 2.24) is 14.2 Å². The number of sulfonamides is 1. The molecular formula is C23H30ClN3O2S. The lowest BCUT2D eigenvalue weighted by molar-refractivity contribution is 0.0361. The Morgan fingerprint density at radius 3 is 2.60 bits per heavy atom. The maximum absolute atomic E-state index is 13.5. The monoisotopic (exact) mass is 447 g/mol. The summed E-state index contributed by atoms with van der Waals surface area (Å²) in [5.74, 6) is 0. The first-order chi connectivity index (χ1) is 14.3. The number of nitrogens with zero attached hydrogens (tertiary/aromatic N) is 3. The van der Waals surface area contributed by atoms with Crippen LogP contribution in [0, 0.1) is 19.3 Å². The first-order valence-corrected chi connectivity index (χ1v) is 12.5. The van der Waals surface area contributed by atoms with Crippen molar-refractivity contribution in [1.29, 1.82) is 0 Å². The van der Waals surface area contributed by atoms with Crippen LogP contribution in [0.4, 0.5) is 0 Å². The van der Waals surface area contributed by atoms with Crippen LogP contribution in [0.25, 0.3) is 0 Å². The number of pyridine rings is 1. The molecule has 2 saturated heterocycles. The fourth-order valence-corrected chi connectivity index (χ4v) is 7.17. The number of hydrogen-bond acceptors (Lipinski definition) is 4. The van der Waals surface area contributed by atoms with Crippen molar-refractivity contribution in [3.8, 4) is 0 Å². The van der Waals surface area contributed by atoms with Gasteiger partial charge in [0.25, 0.3) is 0 Å². The quantitative estimate of drug-likeness (QED) is 0.696. The predicted octanol–water partition coefficient (Wildman–Crippen LogP) is 4.42. The van der Waals surface area contributed by atoms with Gasteiger partial charge in [-0.3, -0.25) is 9.88 Å². The van der Waals surface area contributed by atoms with Crippen LogP contribution >= 0.6 is 11.6 Å². The summed E-state index contributed by atoms with van der Waals surface area (Å²) < 4.78 is 28.8. The third-order valence-electron chi connectivity index (χ3n) is 6.57. The second-order valence-corrected chi connectivity index (χ2v) is 11.3. The molecule has 2 fully saturated rings. The third-order valence-corrected chi connectivity index (χ3v) is 8.96. The molecule has 4 rings (SSSR count). The van der Waals surface area contributed by atoms with Crippen LogP contribution in [-0.4, -0.2) is 48.8 Å². The number of likely N-dealkylation sites (tertiary alicyclic amines) is 1. The lowest BCUT2D eigenvalue weighted by Crippen LogP contribution is -2.53. The predicted molar refractivity (Wildman–Crippen MR) is 120 cm³/mol. The van der Waals surface area contributed by atoms with E-state index in [1.807, 2.05) is 26.1 Å². The van der Waals surface area contributed by atoms with E-state index in [-0.39, 0.29) is 5.41 Å². The molecule has 0 amide bonds. The SMILES string of the molecule is Cc1cc(S(=O)(=O)N2CCCC3(CCCN(Cc4cccnc4)C3)C2)c(C)cc1Cl. The Labute approximate surface area is 185 Å². The van der Waals surface area contributed by atoms with Gasteiger partial charge in [-0.05, 0) is 86.4 Å². The number of rotatable bonds is 4. The molecule has 0 bridgehead atoms. The maximum atomic E-state index is 13.5. The molecular weight excluding hydrogens is 418 g/mol.